The highest BCUT2D eigenvalue weighted by molar-refractivity contribution is 5.26. The summed E-state index contributed by atoms with van der Waals surface area (Å²) in [5.74, 6) is 1.30. The van der Waals surface area contributed by atoms with E-state index in [4.69, 9.17) is 0 Å². The Morgan fingerprint density at radius 3 is 3.06 bits per heavy atom. The molecule has 84 valence electrons. The molecule has 0 unspecified atom stereocenters. The smallest absolute Gasteiger partial charge is 0.115 e. The molecule has 0 atom stereocenters. The number of phenolic OH excluding ortho intramolecular Hbond substituents is 1. The highest BCUT2D eigenvalue weighted by Crippen LogP contribution is 2.10. The molecule has 0 aliphatic rings. The number of imidazole rings is 1. The Morgan fingerprint density at radius 2 is 2.31 bits per heavy atom. The van der Waals surface area contributed by atoms with Crippen molar-refractivity contribution in [1.82, 2.24) is 15.3 Å². The van der Waals surface area contributed by atoms with E-state index in [2.05, 4.69) is 15.3 Å². The summed E-state index contributed by atoms with van der Waals surface area (Å²) in [5, 5.41) is 12.6. The van der Waals surface area contributed by atoms with Crippen LogP contribution in [0.1, 0.15) is 11.4 Å². The molecule has 4 heteroatoms. The fraction of sp³-hybridized carbons (Fsp3) is 0.250. The fourth-order valence-corrected chi connectivity index (χ4v) is 1.54. The fourth-order valence-electron chi connectivity index (χ4n) is 1.54. The van der Waals surface area contributed by atoms with Crippen molar-refractivity contribution < 1.29 is 5.11 Å². The lowest BCUT2D eigenvalue weighted by Gasteiger charge is -2.04. The van der Waals surface area contributed by atoms with E-state index in [1.807, 2.05) is 18.3 Å². The molecule has 0 radical (unpaired) electrons. The minimum absolute atomic E-state index is 0.310. The van der Waals surface area contributed by atoms with Crippen LogP contribution in [0.4, 0.5) is 0 Å². The molecule has 0 amide bonds. The molecule has 0 saturated heterocycles. The van der Waals surface area contributed by atoms with Gasteiger partial charge in [-0.1, -0.05) is 12.1 Å². The van der Waals surface area contributed by atoms with Crippen LogP contribution in [0, 0.1) is 0 Å². The van der Waals surface area contributed by atoms with Gasteiger partial charge in [0.2, 0.25) is 0 Å². The third-order valence-corrected chi connectivity index (χ3v) is 2.33. The topological polar surface area (TPSA) is 60.9 Å². The minimum atomic E-state index is 0.310. The first kappa shape index (κ1) is 10.7. The van der Waals surface area contributed by atoms with Crippen LogP contribution in [-0.4, -0.2) is 21.6 Å². The minimum Gasteiger partial charge on any atom is -0.508 e. The zero-order chi connectivity index (χ0) is 11.2. The number of hydrogen-bond acceptors (Lipinski definition) is 3. The standard InChI is InChI=1S/C12H15N3O/c16-11-3-1-2-10(8-11)9-13-5-4-12-14-6-7-15-12/h1-3,6-8,13,16H,4-5,9H2,(H,14,15). The first-order chi connectivity index (χ1) is 7.84. The van der Waals surface area contributed by atoms with E-state index in [0.29, 0.717) is 5.75 Å². The second-order valence-electron chi connectivity index (χ2n) is 3.63. The summed E-state index contributed by atoms with van der Waals surface area (Å²) >= 11 is 0. The summed E-state index contributed by atoms with van der Waals surface area (Å²) in [6.45, 7) is 1.62. The van der Waals surface area contributed by atoms with Gasteiger partial charge < -0.3 is 15.4 Å². The number of aromatic nitrogens is 2. The summed E-state index contributed by atoms with van der Waals surface area (Å²) in [7, 11) is 0. The van der Waals surface area contributed by atoms with Crippen LogP contribution in [-0.2, 0) is 13.0 Å². The number of hydrogen-bond donors (Lipinski definition) is 3. The van der Waals surface area contributed by atoms with Crippen LogP contribution in [0.2, 0.25) is 0 Å². The number of phenols is 1. The number of H-pyrrole nitrogens is 1. The second-order valence-corrected chi connectivity index (χ2v) is 3.63. The molecular formula is C12H15N3O. The van der Waals surface area contributed by atoms with Gasteiger partial charge >= 0.3 is 0 Å². The Balaban J connectivity index is 1.72. The van der Waals surface area contributed by atoms with Crippen LogP contribution in [0.3, 0.4) is 0 Å². The Bertz CT molecular complexity index is 426. The highest BCUT2D eigenvalue weighted by Gasteiger charge is 1.96. The molecule has 1 aromatic carbocycles. The molecule has 0 bridgehead atoms. The molecule has 0 spiro atoms. The molecule has 1 aromatic heterocycles. The van der Waals surface area contributed by atoms with Gasteiger partial charge in [-0.25, -0.2) is 4.98 Å². The van der Waals surface area contributed by atoms with Crippen molar-refractivity contribution in [2.75, 3.05) is 6.54 Å². The van der Waals surface area contributed by atoms with Gasteiger partial charge in [-0.15, -0.1) is 0 Å². The second kappa shape index (κ2) is 5.32. The van der Waals surface area contributed by atoms with Gasteiger partial charge in [0.15, 0.2) is 0 Å². The van der Waals surface area contributed by atoms with E-state index in [1.54, 1.807) is 18.3 Å². The monoisotopic (exact) mass is 217 g/mol. The summed E-state index contributed by atoms with van der Waals surface area (Å²) in [4.78, 5) is 7.19. The maximum absolute atomic E-state index is 9.28. The van der Waals surface area contributed by atoms with Crippen LogP contribution in [0.25, 0.3) is 0 Å². The zero-order valence-electron chi connectivity index (χ0n) is 8.98. The van der Waals surface area contributed by atoms with E-state index >= 15 is 0 Å². The number of rotatable bonds is 5. The van der Waals surface area contributed by atoms with Crippen molar-refractivity contribution in [2.24, 2.45) is 0 Å². The average molecular weight is 217 g/mol. The van der Waals surface area contributed by atoms with Crippen LogP contribution in [0.15, 0.2) is 36.7 Å². The molecule has 3 N–H and O–H groups in total. The summed E-state index contributed by atoms with van der Waals surface area (Å²) in [6.07, 6.45) is 4.46. The molecule has 2 rings (SSSR count). The molecule has 16 heavy (non-hydrogen) atoms. The first-order valence-corrected chi connectivity index (χ1v) is 5.31. The van der Waals surface area contributed by atoms with Gasteiger partial charge in [0.1, 0.15) is 11.6 Å². The van der Waals surface area contributed by atoms with Crippen molar-refractivity contribution >= 4 is 0 Å². The van der Waals surface area contributed by atoms with Crippen molar-refractivity contribution in [1.29, 1.82) is 0 Å². The number of aromatic hydroxyl groups is 1. The van der Waals surface area contributed by atoms with Crippen molar-refractivity contribution in [3.05, 3.63) is 48.0 Å². The maximum atomic E-state index is 9.28. The Hall–Kier alpha value is -1.81. The normalized spacial score (nSPS) is 10.5. The van der Waals surface area contributed by atoms with Gasteiger partial charge in [0.25, 0.3) is 0 Å². The van der Waals surface area contributed by atoms with Gasteiger partial charge in [0.05, 0.1) is 0 Å². The Kier molecular flexibility index (Phi) is 3.56. The third kappa shape index (κ3) is 3.10. The summed E-state index contributed by atoms with van der Waals surface area (Å²) in [6, 6.07) is 7.27. The van der Waals surface area contributed by atoms with Crippen LogP contribution in [0.5, 0.6) is 5.75 Å². The van der Waals surface area contributed by atoms with Gasteiger partial charge in [0, 0.05) is 31.9 Å². The average Bonchev–Trinajstić information content (AvgIpc) is 2.77. The number of benzene rings is 1. The van der Waals surface area contributed by atoms with E-state index < -0.39 is 0 Å². The van der Waals surface area contributed by atoms with Crippen LogP contribution < -0.4 is 5.32 Å². The quantitative estimate of drug-likeness (QED) is 0.664. The predicted molar refractivity (Wildman–Crippen MR) is 62.1 cm³/mol. The molecule has 0 aliphatic heterocycles. The van der Waals surface area contributed by atoms with Crippen molar-refractivity contribution in [3.63, 3.8) is 0 Å². The number of aromatic amines is 1. The number of nitrogens with zero attached hydrogens (tertiary/aromatic N) is 1. The van der Waals surface area contributed by atoms with E-state index in [0.717, 1.165) is 30.9 Å². The Labute approximate surface area is 94.4 Å². The first-order valence-electron chi connectivity index (χ1n) is 5.31. The molecule has 4 nitrogen and oxygen atoms in total. The third-order valence-electron chi connectivity index (χ3n) is 2.33. The van der Waals surface area contributed by atoms with E-state index in [-0.39, 0.29) is 0 Å². The summed E-state index contributed by atoms with van der Waals surface area (Å²) in [5.41, 5.74) is 1.08. The molecule has 1 heterocycles. The van der Waals surface area contributed by atoms with Gasteiger partial charge in [-0.3, -0.25) is 0 Å². The largest absolute Gasteiger partial charge is 0.508 e. The molecule has 0 fully saturated rings. The molecule has 2 aromatic rings. The van der Waals surface area contributed by atoms with Crippen LogP contribution >= 0.6 is 0 Å². The van der Waals surface area contributed by atoms with E-state index in [1.165, 1.54) is 0 Å². The van der Waals surface area contributed by atoms with Crippen molar-refractivity contribution in [3.8, 4) is 5.75 Å². The lowest BCUT2D eigenvalue weighted by molar-refractivity contribution is 0.474. The SMILES string of the molecule is Oc1cccc(CNCCc2ncc[nH]2)c1. The maximum Gasteiger partial charge on any atom is 0.115 e. The molecule has 0 saturated carbocycles. The zero-order valence-corrected chi connectivity index (χ0v) is 8.98. The van der Waals surface area contributed by atoms with Gasteiger partial charge in [-0.2, -0.15) is 0 Å². The Morgan fingerprint density at radius 1 is 1.38 bits per heavy atom. The summed E-state index contributed by atoms with van der Waals surface area (Å²) < 4.78 is 0. The predicted octanol–water partition coefficient (Wildman–Crippen LogP) is 1.45. The molecular weight excluding hydrogens is 202 g/mol. The van der Waals surface area contributed by atoms with Crippen molar-refractivity contribution in [2.45, 2.75) is 13.0 Å². The number of nitrogens with one attached hydrogen (secondary N) is 2. The van der Waals surface area contributed by atoms with Gasteiger partial charge in [-0.05, 0) is 17.7 Å². The molecule has 0 aliphatic carbocycles. The highest BCUT2D eigenvalue weighted by atomic mass is 16.3. The van der Waals surface area contributed by atoms with E-state index in [9.17, 15) is 5.11 Å². The lowest BCUT2D eigenvalue weighted by Crippen LogP contribution is -2.17. The lowest BCUT2D eigenvalue weighted by atomic mass is 10.2.